The monoisotopic (exact) mass is 294 g/mol. The van der Waals surface area contributed by atoms with E-state index in [2.05, 4.69) is 4.98 Å². The van der Waals surface area contributed by atoms with E-state index in [9.17, 15) is 4.79 Å². The van der Waals surface area contributed by atoms with Gasteiger partial charge in [-0.3, -0.25) is 0 Å². The quantitative estimate of drug-likeness (QED) is 0.802. The second-order valence-corrected chi connectivity index (χ2v) is 4.72. The molecule has 0 saturated carbocycles. The van der Waals surface area contributed by atoms with Crippen LogP contribution >= 0.6 is 0 Å². The Balaban J connectivity index is 2.04. The fourth-order valence-corrected chi connectivity index (χ4v) is 2.29. The second kappa shape index (κ2) is 5.73. The molecule has 5 nitrogen and oxygen atoms in total. The Hall–Kier alpha value is -3.08. The Morgan fingerprint density at radius 1 is 1.18 bits per heavy atom. The summed E-state index contributed by atoms with van der Waals surface area (Å²) in [6.07, 6.45) is 2.98. The minimum atomic E-state index is -1.04. The van der Waals surface area contributed by atoms with Crippen LogP contribution in [0.25, 0.3) is 16.8 Å². The number of nitrogens with zero attached hydrogens (tertiary/aromatic N) is 2. The lowest BCUT2D eigenvalue weighted by Crippen LogP contribution is -1.96. The van der Waals surface area contributed by atoms with E-state index in [-0.39, 0.29) is 5.69 Å². The number of ether oxygens (including phenoxy) is 1. The van der Waals surface area contributed by atoms with Crippen LogP contribution in [-0.2, 0) is 0 Å². The van der Waals surface area contributed by atoms with E-state index in [4.69, 9.17) is 9.84 Å². The third-order valence-electron chi connectivity index (χ3n) is 3.36. The molecule has 1 heterocycles. The molecule has 5 heteroatoms. The summed E-state index contributed by atoms with van der Waals surface area (Å²) in [5, 5.41) is 8.95. The van der Waals surface area contributed by atoms with Crippen LogP contribution in [0.1, 0.15) is 10.5 Å². The number of carbonyl (C=O) groups is 1. The molecule has 3 aromatic rings. The predicted octanol–water partition coefficient (Wildman–Crippen LogP) is 3.25. The van der Waals surface area contributed by atoms with E-state index in [1.54, 1.807) is 11.7 Å². The number of carboxylic acid groups (broad SMARTS) is 1. The first-order valence-corrected chi connectivity index (χ1v) is 6.70. The molecule has 0 aliphatic carbocycles. The average molecular weight is 294 g/mol. The minimum Gasteiger partial charge on any atom is -0.496 e. The number of hydrogen-bond donors (Lipinski definition) is 1. The molecule has 2 aromatic carbocycles. The van der Waals surface area contributed by atoms with E-state index in [1.807, 2.05) is 48.5 Å². The van der Waals surface area contributed by atoms with Gasteiger partial charge in [0.2, 0.25) is 0 Å². The van der Waals surface area contributed by atoms with Crippen molar-refractivity contribution in [3.05, 3.63) is 66.7 Å². The van der Waals surface area contributed by atoms with Crippen LogP contribution in [-0.4, -0.2) is 27.7 Å². The predicted molar refractivity (Wildman–Crippen MR) is 82.5 cm³/mol. The minimum absolute atomic E-state index is 0.0164. The van der Waals surface area contributed by atoms with Crippen molar-refractivity contribution in [1.29, 1.82) is 0 Å². The maximum Gasteiger partial charge on any atom is 0.356 e. The van der Waals surface area contributed by atoms with Gasteiger partial charge in [-0.1, -0.05) is 30.3 Å². The van der Waals surface area contributed by atoms with E-state index in [1.165, 1.54) is 12.5 Å². The molecule has 110 valence electrons. The second-order valence-electron chi connectivity index (χ2n) is 4.72. The number of aromatic nitrogens is 2. The molecule has 0 aliphatic rings. The molecule has 1 N–H and O–H groups in total. The first kappa shape index (κ1) is 13.9. The summed E-state index contributed by atoms with van der Waals surface area (Å²) in [7, 11) is 1.64. The van der Waals surface area contributed by atoms with E-state index in [0.29, 0.717) is 0 Å². The van der Waals surface area contributed by atoms with Gasteiger partial charge in [0.25, 0.3) is 0 Å². The highest BCUT2D eigenvalue weighted by Crippen LogP contribution is 2.30. The van der Waals surface area contributed by atoms with Gasteiger partial charge in [-0.05, 0) is 23.8 Å². The number of aromatic carboxylic acids is 1. The number of benzene rings is 2. The Morgan fingerprint density at radius 3 is 2.73 bits per heavy atom. The average Bonchev–Trinajstić information content (AvgIpc) is 3.05. The molecule has 0 radical (unpaired) electrons. The van der Waals surface area contributed by atoms with Crippen LogP contribution in [0.4, 0.5) is 0 Å². The highest BCUT2D eigenvalue weighted by molar-refractivity contribution is 5.85. The van der Waals surface area contributed by atoms with Gasteiger partial charge in [-0.25, -0.2) is 9.78 Å². The molecule has 3 rings (SSSR count). The lowest BCUT2D eigenvalue weighted by Gasteiger charge is -2.10. The van der Waals surface area contributed by atoms with Crippen LogP contribution in [0, 0.1) is 0 Å². The molecule has 0 unspecified atom stereocenters. The third-order valence-corrected chi connectivity index (χ3v) is 3.36. The van der Waals surface area contributed by atoms with E-state index >= 15 is 0 Å². The lowest BCUT2D eigenvalue weighted by atomic mass is 10.0. The van der Waals surface area contributed by atoms with Gasteiger partial charge in [0.1, 0.15) is 12.1 Å². The molecule has 0 aliphatic heterocycles. The molecule has 0 amide bonds. The number of hydrogen-bond acceptors (Lipinski definition) is 3. The summed E-state index contributed by atoms with van der Waals surface area (Å²) < 4.78 is 7.07. The first-order valence-electron chi connectivity index (χ1n) is 6.70. The van der Waals surface area contributed by atoms with Crippen molar-refractivity contribution < 1.29 is 14.6 Å². The molecule has 1 aromatic heterocycles. The summed E-state index contributed by atoms with van der Waals surface area (Å²) >= 11 is 0. The van der Waals surface area contributed by atoms with Crippen molar-refractivity contribution in [1.82, 2.24) is 9.55 Å². The smallest absolute Gasteiger partial charge is 0.356 e. The summed E-state index contributed by atoms with van der Waals surface area (Å²) in [6, 6.07) is 15.5. The molecular formula is C17H14N2O3. The topological polar surface area (TPSA) is 64.4 Å². The summed E-state index contributed by atoms with van der Waals surface area (Å²) in [6.45, 7) is 0. The van der Waals surface area contributed by atoms with Crippen LogP contribution in [0.5, 0.6) is 5.75 Å². The zero-order valence-corrected chi connectivity index (χ0v) is 11.9. The van der Waals surface area contributed by atoms with Crippen molar-refractivity contribution in [2.75, 3.05) is 7.11 Å². The van der Waals surface area contributed by atoms with Crippen LogP contribution in [0.15, 0.2) is 61.1 Å². The maximum atomic E-state index is 10.9. The SMILES string of the molecule is COc1ccccc1-c1cccc(-n2cnc(C(=O)O)c2)c1. The number of methoxy groups -OCH3 is 1. The van der Waals surface area contributed by atoms with E-state index < -0.39 is 5.97 Å². The molecular weight excluding hydrogens is 280 g/mol. The standard InChI is InChI=1S/C17H14N2O3/c1-22-16-8-3-2-7-14(16)12-5-4-6-13(9-12)19-10-15(17(20)21)18-11-19/h2-11H,1H3,(H,20,21). The van der Waals surface area contributed by atoms with Gasteiger partial charge in [-0.2, -0.15) is 0 Å². The molecule has 0 bridgehead atoms. The maximum absolute atomic E-state index is 10.9. The van der Waals surface area contributed by atoms with Gasteiger partial charge < -0.3 is 14.4 Å². The largest absolute Gasteiger partial charge is 0.496 e. The van der Waals surface area contributed by atoms with Gasteiger partial charge in [-0.15, -0.1) is 0 Å². The van der Waals surface area contributed by atoms with Gasteiger partial charge in [0.05, 0.1) is 7.11 Å². The van der Waals surface area contributed by atoms with E-state index in [0.717, 1.165) is 22.6 Å². The highest BCUT2D eigenvalue weighted by Gasteiger charge is 2.09. The Kier molecular flexibility index (Phi) is 3.62. The zero-order chi connectivity index (χ0) is 15.5. The Morgan fingerprint density at radius 2 is 2.00 bits per heavy atom. The van der Waals surface area contributed by atoms with Gasteiger partial charge in [0.15, 0.2) is 5.69 Å². The first-order chi connectivity index (χ1) is 10.7. The molecule has 0 saturated heterocycles. The van der Waals surface area contributed by atoms with Crippen LogP contribution in [0.2, 0.25) is 0 Å². The fraction of sp³-hybridized carbons (Fsp3) is 0.0588. The van der Waals surface area contributed by atoms with Gasteiger partial charge >= 0.3 is 5.97 Å². The molecule has 22 heavy (non-hydrogen) atoms. The van der Waals surface area contributed by atoms with Gasteiger partial charge in [0, 0.05) is 17.4 Å². The number of rotatable bonds is 4. The summed E-state index contributed by atoms with van der Waals surface area (Å²) in [5.41, 5.74) is 2.82. The van der Waals surface area contributed by atoms with Crippen molar-refractivity contribution in [2.45, 2.75) is 0 Å². The van der Waals surface area contributed by atoms with Crippen LogP contribution in [0.3, 0.4) is 0 Å². The number of carboxylic acids is 1. The Bertz CT molecular complexity index is 824. The summed E-state index contributed by atoms with van der Waals surface area (Å²) in [4.78, 5) is 14.8. The zero-order valence-electron chi connectivity index (χ0n) is 11.9. The third kappa shape index (κ3) is 2.56. The number of imidazole rings is 1. The highest BCUT2D eigenvalue weighted by atomic mass is 16.5. The molecule has 0 spiro atoms. The van der Waals surface area contributed by atoms with Crippen LogP contribution < -0.4 is 4.74 Å². The Labute approximate surface area is 127 Å². The van der Waals surface area contributed by atoms with Crippen molar-refractivity contribution in [2.24, 2.45) is 0 Å². The lowest BCUT2D eigenvalue weighted by molar-refractivity contribution is 0.0691. The number of para-hydroxylation sites is 1. The summed E-state index contributed by atoms with van der Waals surface area (Å²) in [5.74, 6) is -0.254. The molecule has 0 fully saturated rings. The van der Waals surface area contributed by atoms with Crippen molar-refractivity contribution in [3.8, 4) is 22.6 Å². The fourth-order valence-electron chi connectivity index (χ4n) is 2.29. The molecule has 0 atom stereocenters. The normalized spacial score (nSPS) is 10.4. The van der Waals surface area contributed by atoms with Crippen molar-refractivity contribution in [3.63, 3.8) is 0 Å². The van der Waals surface area contributed by atoms with Crippen molar-refractivity contribution >= 4 is 5.97 Å².